The Morgan fingerprint density at radius 3 is 2.88 bits per heavy atom. The number of pyridine rings is 1. The van der Waals surface area contributed by atoms with E-state index < -0.39 is 24.1 Å². The van der Waals surface area contributed by atoms with Gasteiger partial charge in [0.25, 0.3) is 0 Å². The van der Waals surface area contributed by atoms with Crippen molar-refractivity contribution in [1.29, 1.82) is 0 Å². The smallest absolute Gasteiger partial charge is 0.414 e. The Morgan fingerprint density at radius 2 is 2.15 bits per heavy atom. The zero-order valence-electron chi connectivity index (χ0n) is 22.2. The zero-order valence-corrected chi connectivity index (χ0v) is 22.2. The standard InChI is InChI=1S/C27H30FN7O5/c1-33(2)10-3-4-26(36)38-17-20-13-25(31-40-20)24-8-5-18(14-29-24)22-7-6-19(12-23(22)28)35-16-21(39-27(35)37)15-34-11-9-30-32-34/h5-9,11-14,20-21,31H,3-4,10,15-17H2,1-2H3/t20-,21-/m0/s1. The Labute approximate surface area is 230 Å². The molecule has 1 fully saturated rings. The van der Waals surface area contributed by atoms with Crippen molar-refractivity contribution < 1.29 is 28.3 Å². The van der Waals surface area contributed by atoms with Crippen molar-refractivity contribution in [3.05, 3.63) is 66.5 Å². The van der Waals surface area contributed by atoms with Gasteiger partial charge in [-0.25, -0.2) is 13.9 Å². The van der Waals surface area contributed by atoms with Crippen LogP contribution < -0.4 is 10.4 Å². The number of hydrogen-bond acceptors (Lipinski definition) is 10. The number of carbonyl (C=O) groups is 2. The van der Waals surface area contributed by atoms with Crippen LogP contribution in [0.4, 0.5) is 14.9 Å². The number of benzene rings is 1. The quantitative estimate of drug-likeness (QED) is 0.356. The zero-order chi connectivity index (χ0) is 28.1. The first-order valence-corrected chi connectivity index (χ1v) is 12.9. The van der Waals surface area contributed by atoms with Gasteiger partial charge in [-0.05, 0) is 57.4 Å². The molecule has 0 radical (unpaired) electrons. The number of nitrogens with one attached hydrogen (secondary N) is 1. The molecule has 0 aliphatic carbocycles. The lowest BCUT2D eigenvalue weighted by Crippen LogP contribution is -2.26. The van der Waals surface area contributed by atoms with Crippen LogP contribution in [0.2, 0.25) is 0 Å². The SMILES string of the molecule is CN(C)CCCC(=O)OC[C@@H]1C=C(c2ccc(-c3ccc(N4C[C@H](Cn5ccnn5)OC4=O)cc3F)cn2)NO1. The van der Waals surface area contributed by atoms with Crippen molar-refractivity contribution in [2.45, 2.75) is 31.6 Å². The summed E-state index contributed by atoms with van der Waals surface area (Å²) in [6.07, 6.45) is 6.26. The summed E-state index contributed by atoms with van der Waals surface area (Å²) >= 11 is 0. The molecule has 40 heavy (non-hydrogen) atoms. The second kappa shape index (κ2) is 12.2. The van der Waals surface area contributed by atoms with E-state index in [1.807, 2.05) is 19.0 Å². The fourth-order valence-corrected chi connectivity index (χ4v) is 4.38. The van der Waals surface area contributed by atoms with Crippen molar-refractivity contribution >= 4 is 23.4 Å². The molecular formula is C27H30FN7O5. The van der Waals surface area contributed by atoms with Gasteiger partial charge >= 0.3 is 12.1 Å². The topological polar surface area (TPSA) is 124 Å². The summed E-state index contributed by atoms with van der Waals surface area (Å²) in [5.74, 6) is -0.760. The minimum absolute atomic E-state index is 0.0959. The number of esters is 1. The molecule has 2 atom stereocenters. The fraction of sp³-hybridized carbons (Fsp3) is 0.370. The Morgan fingerprint density at radius 1 is 1.27 bits per heavy atom. The predicted molar refractivity (Wildman–Crippen MR) is 142 cm³/mol. The van der Waals surface area contributed by atoms with Gasteiger partial charge < -0.3 is 14.4 Å². The van der Waals surface area contributed by atoms with Crippen molar-refractivity contribution in [2.75, 3.05) is 38.7 Å². The third kappa shape index (κ3) is 6.61. The molecule has 1 amide bonds. The van der Waals surface area contributed by atoms with Gasteiger partial charge in [-0.15, -0.1) is 5.10 Å². The van der Waals surface area contributed by atoms with Crippen molar-refractivity contribution in [2.24, 2.45) is 0 Å². The van der Waals surface area contributed by atoms with E-state index in [-0.39, 0.29) is 19.1 Å². The number of hydrogen-bond donors (Lipinski definition) is 1. The first-order valence-electron chi connectivity index (χ1n) is 12.9. The molecule has 3 aromatic rings. The van der Waals surface area contributed by atoms with Crippen LogP contribution in [0, 0.1) is 5.82 Å². The summed E-state index contributed by atoms with van der Waals surface area (Å²) in [5.41, 5.74) is 5.35. The molecule has 210 valence electrons. The first kappa shape index (κ1) is 27.2. The average Bonchev–Trinajstić information content (AvgIpc) is 3.69. The minimum Gasteiger partial charge on any atom is -0.462 e. The molecule has 0 spiro atoms. The number of aromatic nitrogens is 4. The van der Waals surface area contributed by atoms with Crippen LogP contribution in [-0.4, -0.2) is 82.9 Å². The van der Waals surface area contributed by atoms with E-state index in [4.69, 9.17) is 14.3 Å². The molecule has 0 unspecified atom stereocenters. The second-order valence-corrected chi connectivity index (χ2v) is 9.77. The predicted octanol–water partition coefficient (Wildman–Crippen LogP) is 2.63. The van der Waals surface area contributed by atoms with Crippen LogP contribution in [0.25, 0.3) is 16.8 Å². The molecule has 0 bridgehead atoms. The number of carbonyl (C=O) groups excluding carboxylic acids is 2. The average molecular weight is 552 g/mol. The Balaban J connectivity index is 1.17. The molecule has 4 heterocycles. The van der Waals surface area contributed by atoms with Gasteiger partial charge in [0.05, 0.1) is 36.4 Å². The number of nitrogens with zero attached hydrogens (tertiary/aromatic N) is 6. The molecule has 1 N–H and O–H groups in total. The number of amides is 1. The van der Waals surface area contributed by atoms with Crippen LogP contribution in [0.1, 0.15) is 18.5 Å². The van der Waals surface area contributed by atoms with Gasteiger partial charge in [-0.2, -0.15) is 0 Å². The van der Waals surface area contributed by atoms with Crippen LogP contribution in [0.3, 0.4) is 0 Å². The monoisotopic (exact) mass is 551 g/mol. The molecule has 12 nitrogen and oxygen atoms in total. The lowest BCUT2D eigenvalue weighted by molar-refractivity contribution is -0.147. The Hall–Kier alpha value is -4.36. The fourth-order valence-electron chi connectivity index (χ4n) is 4.38. The largest absolute Gasteiger partial charge is 0.462 e. The van der Waals surface area contributed by atoms with E-state index in [0.717, 1.165) is 13.0 Å². The summed E-state index contributed by atoms with van der Waals surface area (Å²) in [6, 6.07) is 8.08. The highest BCUT2D eigenvalue weighted by atomic mass is 19.1. The van der Waals surface area contributed by atoms with E-state index in [0.29, 0.717) is 41.2 Å². The maximum absolute atomic E-state index is 15.1. The van der Waals surface area contributed by atoms with E-state index in [9.17, 15) is 9.59 Å². The highest BCUT2D eigenvalue weighted by Crippen LogP contribution is 2.30. The molecular weight excluding hydrogens is 521 g/mol. The third-order valence-electron chi connectivity index (χ3n) is 6.42. The lowest BCUT2D eigenvalue weighted by atomic mass is 10.1. The molecule has 1 saturated heterocycles. The first-order chi connectivity index (χ1) is 19.4. The highest BCUT2D eigenvalue weighted by Gasteiger charge is 2.33. The summed E-state index contributed by atoms with van der Waals surface area (Å²) in [4.78, 5) is 37.6. The van der Waals surface area contributed by atoms with E-state index in [2.05, 4.69) is 20.8 Å². The van der Waals surface area contributed by atoms with E-state index >= 15 is 4.39 Å². The van der Waals surface area contributed by atoms with E-state index in [1.165, 1.54) is 11.0 Å². The summed E-state index contributed by atoms with van der Waals surface area (Å²) < 4.78 is 27.4. The highest BCUT2D eigenvalue weighted by molar-refractivity contribution is 5.90. The molecule has 0 saturated carbocycles. The van der Waals surface area contributed by atoms with Crippen LogP contribution in [0.15, 0.2) is 55.0 Å². The molecule has 13 heteroatoms. The molecule has 1 aromatic carbocycles. The lowest BCUT2D eigenvalue weighted by Gasteiger charge is -2.14. The van der Waals surface area contributed by atoms with Gasteiger partial charge in [0, 0.05) is 29.9 Å². The Bertz CT molecular complexity index is 1360. The number of ether oxygens (including phenoxy) is 2. The van der Waals surface area contributed by atoms with Crippen LogP contribution in [0.5, 0.6) is 0 Å². The number of cyclic esters (lactones) is 1. The minimum atomic E-state index is -0.541. The summed E-state index contributed by atoms with van der Waals surface area (Å²) in [6.45, 7) is 1.54. The van der Waals surface area contributed by atoms with Gasteiger partial charge in [-0.3, -0.25) is 25.0 Å². The summed E-state index contributed by atoms with van der Waals surface area (Å²) in [5, 5.41) is 7.62. The normalized spacial score (nSPS) is 18.6. The maximum atomic E-state index is 15.1. The van der Waals surface area contributed by atoms with Gasteiger partial charge in [0.1, 0.15) is 24.6 Å². The van der Waals surface area contributed by atoms with Crippen molar-refractivity contribution in [1.82, 2.24) is 30.4 Å². The van der Waals surface area contributed by atoms with Crippen molar-refractivity contribution in [3.63, 3.8) is 0 Å². The number of rotatable bonds is 11. The van der Waals surface area contributed by atoms with Gasteiger partial charge in [0.2, 0.25) is 0 Å². The van der Waals surface area contributed by atoms with Crippen LogP contribution in [-0.2, 0) is 25.7 Å². The number of halogens is 1. The number of anilines is 1. The maximum Gasteiger partial charge on any atom is 0.414 e. The third-order valence-corrected chi connectivity index (χ3v) is 6.42. The molecule has 5 rings (SSSR count). The number of hydroxylamine groups is 1. The molecule has 2 aliphatic heterocycles. The molecule has 2 aromatic heterocycles. The summed E-state index contributed by atoms with van der Waals surface area (Å²) in [7, 11) is 3.91. The van der Waals surface area contributed by atoms with Gasteiger partial charge in [0.15, 0.2) is 0 Å². The molecule has 2 aliphatic rings. The second-order valence-electron chi connectivity index (χ2n) is 9.77. The van der Waals surface area contributed by atoms with Gasteiger partial charge in [-0.1, -0.05) is 11.3 Å². The Kier molecular flexibility index (Phi) is 8.31. The van der Waals surface area contributed by atoms with Crippen molar-refractivity contribution in [3.8, 4) is 11.1 Å². The van der Waals surface area contributed by atoms with Crippen LogP contribution >= 0.6 is 0 Å². The van der Waals surface area contributed by atoms with E-state index in [1.54, 1.807) is 53.6 Å².